The van der Waals surface area contributed by atoms with Crippen LogP contribution in [0.4, 0.5) is 0 Å². The highest BCUT2D eigenvalue weighted by molar-refractivity contribution is 5.87. The normalized spacial score (nSPS) is 20.6. The number of amides is 1. The molecule has 3 aromatic rings. The number of aliphatic hydroxyl groups is 1. The Bertz CT molecular complexity index is 1090. The molecule has 5 heteroatoms. The predicted molar refractivity (Wildman–Crippen MR) is 139 cm³/mol. The molecule has 1 amide bonds. The molecule has 1 aromatic carbocycles. The molecule has 1 aliphatic carbocycles. The van der Waals surface area contributed by atoms with Crippen LogP contribution in [0.3, 0.4) is 0 Å². The molecule has 0 radical (unpaired) electrons. The Morgan fingerprint density at radius 2 is 1.49 bits per heavy atom. The Morgan fingerprint density at radius 3 is 2.09 bits per heavy atom. The van der Waals surface area contributed by atoms with Crippen molar-refractivity contribution >= 4 is 5.91 Å². The number of piperidine rings is 1. The first-order chi connectivity index (χ1) is 16.9. The number of likely N-dealkylation sites (tertiary alicyclic amines) is 1. The molecule has 2 aliphatic rings. The van der Waals surface area contributed by atoms with Crippen LogP contribution in [0.25, 0.3) is 0 Å². The van der Waals surface area contributed by atoms with E-state index in [1.807, 2.05) is 35.2 Å². The van der Waals surface area contributed by atoms with Crippen LogP contribution < -0.4 is 0 Å². The van der Waals surface area contributed by atoms with E-state index in [1.54, 1.807) is 0 Å². The van der Waals surface area contributed by atoms with Gasteiger partial charge in [0.1, 0.15) is 0 Å². The second-order valence-electron chi connectivity index (χ2n) is 11.3. The highest BCUT2D eigenvalue weighted by Gasteiger charge is 2.50. The molecule has 35 heavy (non-hydrogen) atoms. The maximum absolute atomic E-state index is 14.0. The van der Waals surface area contributed by atoms with Gasteiger partial charge in [0.25, 0.3) is 5.91 Å². The van der Waals surface area contributed by atoms with Gasteiger partial charge < -0.3 is 19.1 Å². The molecule has 2 aromatic heterocycles. The van der Waals surface area contributed by atoms with Gasteiger partial charge in [-0.05, 0) is 75.8 Å². The Kier molecular flexibility index (Phi) is 6.39. The number of nitrogens with zero attached hydrogens (tertiary/aromatic N) is 3. The van der Waals surface area contributed by atoms with Gasteiger partial charge in [0.05, 0.1) is 0 Å². The molecular weight excluding hydrogens is 434 g/mol. The van der Waals surface area contributed by atoms with Crippen molar-refractivity contribution in [2.75, 3.05) is 13.1 Å². The monoisotopic (exact) mass is 473 g/mol. The van der Waals surface area contributed by atoms with Crippen LogP contribution >= 0.6 is 0 Å². The van der Waals surface area contributed by atoms with Gasteiger partial charge in [-0.2, -0.15) is 0 Å². The maximum Gasteiger partial charge on any atom is 0.259 e. The van der Waals surface area contributed by atoms with E-state index < -0.39 is 5.60 Å². The van der Waals surface area contributed by atoms with E-state index in [2.05, 4.69) is 72.0 Å². The van der Waals surface area contributed by atoms with Crippen LogP contribution in [0.15, 0.2) is 79.4 Å². The Morgan fingerprint density at radius 1 is 0.914 bits per heavy atom. The van der Waals surface area contributed by atoms with E-state index in [9.17, 15) is 9.90 Å². The van der Waals surface area contributed by atoms with Crippen molar-refractivity contribution in [3.63, 3.8) is 0 Å². The maximum atomic E-state index is 14.0. The molecule has 5 rings (SSSR count). The summed E-state index contributed by atoms with van der Waals surface area (Å²) < 4.78 is 4.66. The second kappa shape index (κ2) is 9.34. The fourth-order valence-corrected chi connectivity index (χ4v) is 6.75. The summed E-state index contributed by atoms with van der Waals surface area (Å²) in [5.41, 5.74) is -0.830. The summed E-state index contributed by atoms with van der Waals surface area (Å²) in [6.07, 6.45) is 15.3. The number of aromatic nitrogens is 2. The van der Waals surface area contributed by atoms with E-state index in [4.69, 9.17) is 0 Å². The number of hydrogen-bond donors (Lipinski definition) is 1. The molecule has 0 spiro atoms. The molecule has 0 bridgehead atoms. The predicted octanol–water partition coefficient (Wildman–Crippen LogP) is 5.51. The molecule has 1 saturated carbocycles. The molecule has 2 fully saturated rings. The van der Waals surface area contributed by atoms with Crippen LogP contribution in [0.2, 0.25) is 0 Å². The average molecular weight is 474 g/mol. The first kappa shape index (κ1) is 23.9. The van der Waals surface area contributed by atoms with Gasteiger partial charge in [-0.1, -0.05) is 43.2 Å². The zero-order valence-electron chi connectivity index (χ0n) is 21.1. The van der Waals surface area contributed by atoms with Crippen molar-refractivity contribution in [1.82, 2.24) is 14.0 Å². The van der Waals surface area contributed by atoms with Crippen molar-refractivity contribution in [2.45, 2.75) is 75.5 Å². The lowest BCUT2D eigenvalue weighted by molar-refractivity contribution is -0.161. The zero-order chi connectivity index (χ0) is 24.5. The summed E-state index contributed by atoms with van der Waals surface area (Å²) >= 11 is 0. The van der Waals surface area contributed by atoms with Crippen molar-refractivity contribution < 1.29 is 9.90 Å². The first-order valence-corrected chi connectivity index (χ1v) is 13.2. The van der Waals surface area contributed by atoms with Crippen LogP contribution in [0.5, 0.6) is 0 Å². The summed E-state index contributed by atoms with van der Waals surface area (Å²) in [4.78, 5) is 16.0. The fraction of sp³-hybridized carbons (Fsp3) is 0.500. The lowest BCUT2D eigenvalue weighted by Crippen LogP contribution is -2.56. The van der Waals surface area contributed by atoms with Gasteiger partial charge in [-0.25, -0.2) is 0 Å². The van der Waals surface area contributed by atoms with Gasteiger partial charge >= 0.3 is 0 Å². The third kappa shape index (κ3) is 4.35. The summed E-state index contributed by atoms with van der Waals surface area (Å²) in [5.74, 6) is -0.123. The van der Waals surface area contributed by atoms with Gasteiger partial charge in [0.2, 0.25) is 0 Å². The number of rotatable bonds is 7. The number of carbonyl (C=O) groups is 1. The number of benzene rings is 1. The summed E-state index contributed by atoms with van der Waals surface area (Å²) in [7, 11) is 0. The summed E-state index contributed by atoms with van der Waals surface area (Å²) in [5, 5.41) is 12.0. The number of carbonyl (C=O) groups excluding carboxylic acids is 1. The van der Waals surface area contributed by atoms with E-state index in [-0.39, 0.29) is 22.9 Å². The Labute approximate surface area is 209 Å². The Balaban J connectivity index is 1.40. The molecule has 1 unspecified atom stereocenters. The second-order valence-corrected chi connectivity index (χ2v) is 11.3. The quantitative estimate of drug-likeness (QED) is 0.492. The minimum Gasteiger partial charge on any atom is -0.375 e. The minimum absolute atomic E-state index is 0.0128. The van der Waals surface area contributed by atoms with Crippen molar-refractivity contribution in [3.8, 4) is 0 Å². The summed E-state index contributed by atoms with van der Waals surface area (Å²) in [6.45, 7) is 5.90. The Hall–Kier alpha value is -2.79. The summed E-state index contributed by atoms with van der Waals surface area (Å²) in [6, 6.07) is 18.0. The zero-order valence-corrected chi connectivity index (χ0v) is 21.1. The SMILES string of the molecule is CC(C)(CC1(n2cccc2)CCN(C(=O)C(O)(c2ccccc2)C2CCCC2)CC1)n1cccc1. The van der Waals surface area contributed by atoms with E-state index in [0.29, 0.717) is 13.1 Å². The van der Waals surface area contributed by atoms with Crippen molar-refractivity contribution in [3.05, 3.63) is 84.9 Å². The van der Waals surface area contributed by atoms with Gasteiger partial charge in [0.15, 0.2) is 5.60 Å². The van der Waals surface area contributed by atoms with E-state index in [0.717, 1.165) is 50.5 Å². The van der Waals surface area contributed by atoms with Crippen LogP contribution in [0, 0.1) is 5.92 Å². The first-order valence-electron chi connectivity index (χ1n) is 13.2. The smallest absolute Gasteiger partial charge is 0.259 e. The lowest BCUT2D eigenvalue weighted by atomic mass is 9.75. The van der Waals surface area contributed by atoms with Crippen molar-refractivity contribution in [2.24, 2.45) is 5.92 Å². The standard InChI is InChI=1S/C30H39N3O2/c1-28(2,32-18-8-9-19-32)24-29(33-20-10-11-21-33)16-22-31(23-17-29)27(34)30(35,26-14-6-7-15-26)25-12-4-3-5-13-25/h3-5,8-13,18-21,26,35H,6-7,14-17,22-24H2,1-2H3. The molecule has 3 heterocycles. The molecule has 186 valence electrons. The molecular formula is C30H39N3O2. The van der Waals surface area contributed by atoms with Crippen LogP contribution in [-0.2, 0) is 21.5 Å². The fourth-order valence-electron chi connectivity index (χ4n) is 6.75. The van der Waals surface area contributed by atoms with Gasteiger partial charge in [-0.3, -0.25) is 4.79 Å². The molecule has 1 aliphatic heterocycles. The molecule has 1 N–H and O–H groups in total. The average Bonchev–Trinajstić information content (AvgIpc) is 3.67. The molecule has 5 nitrogen and oxygen atoms in total. The lowest BCUT2D eigenvalue weighted by Gasteiger charge is -2.48. The minimum atomic E-state index is -1.43. The van der Waals surface area contributed by atoms with Crippen molar-refractivity contribution in [1.29, 1.82) is 0 Å². The molecule has 1 saturated heterocycles. The molecule has 1 atom stereocenters. The largest absolute Gasteiger partial charge is 0.375 e. The topological polar surface area (TPSA) is 50.4 Å². The van der Waals surface area contributed by atoms with Crippen LogP contribution in [0.1, 0.15) is 64.4 Å². The van der Waals surface area contributed by atoms with E-state index in [1.165, 1.54) is 0 Å². The number of hydrogen-bond acceptors (Lipinski definition) is 2. The van der Waals surface area contributed by atoms with Gasteiger partial charge in [-0.15, -0.1) is 0 Å². The van der Waals surface area contributed by atoms with Gasteiger partial charge in [0, 0.05) is 54.9 Å². The highest BCUT2D eigenvalue weighted by Crippen LogP contribution is 2.44. The van der Waals surface area contributed by atoms with Crippen LogP contribution in [-0.4, -0.2) is 38.1 Å². The third-order valence-corrected chi connectivity index (χ3v) is 8.68. The highest BCUT2D eigenvalue weighted by atomic mass is 16.3. The van der Waals surface area contributed by atoms with E-state index >= 15 is 0 Å². The third-order valence-electron chi connectivity index (χ3n) is 8.68.